The molecule has 6 heteroatoms. The predicted octanol–water partition coefficient (Wildman–Crippen LogP) is 4.68. The number of hydrogen-bond donors (Lipinski definition) is 2. The molecule has 0 saturated heterocycles. The second kappa shape index (κ2) is 9.50. The highest BCUT2D eigenvalue weighted by molar-refractivity contribution is 5.94. The van der Waals surface area contributed by atoms with E-state index in [0.717, 1.165) is 22.4 Å². The molecule has 0 spiro atoms. The van der Waals surface area contributed by atoms with E-state index in [9.17, 15) is 4.79 Å². The molecule has 29 heavy (non-hydrogen) atoms. The maximum atomic E-state index is 12.3. The van der Waals surface area contributed by atoms with Crippen LogP contribution in [0.4, 0.5) is 0 Å². The first-order valence-electron chi connectivity index (χ1n) is 9.40. The van der Waals surface area contributed by atoms with E-state index in [1.807, 2.05) is 81.4 Å². The zero-order valence-corrected chi connectivity index (χ0v) is 16.7. The van der Waals surface area contributed by atoms with E-state index >= 15 is 0 Å². The molecule has 3 aromatic rings. The first kappa shape index (κ1) is 20.1. The molecule has 3 rings (SSSR count). The lowest BCUT2D eigenvalue weighted by Crippen LogP contribution is -2.17. The Bertz CT molecular complexity index is 1000. The van der Waals surface area contributed by atoms with Gasteiger partial charge in [0.25, 0.3) is 5.91 Å². The number of hydrazone groups is 1. The molecule has 0 aliphatic heterocycles. The molecule has 0 unspecified atom stereocenters. The number of rotatable bonds is 7. The van der Waals surface area contributed by atoms with Crippen molar-refractivity contribution in [3.8, 4) is 17.0 Å². The Balaban J connectivity index is 1.60. The summed E-state index contributed by atoms with van der Waals surface area (Å²) >= 11 is 0. The third kappa shape index (κ3) is 5.90. The fraction of sp³-hybridized carbons (Fsp3) is 0.174. The lowest BCUT2D eigenvalue weighted by atomic mass is 10.1. The van der Waals surface area contributed by atoms with Gasteiger partial charge in [0.05, 0.1) is 18.0 Å². The Morgan fingerprint density at radius 2 is 1.86 bits per heavy atom. The van der Waals surface area contributed by atoms with Crippen molar-refractivity contribution in [2.75, 3.05) is 0 Å². The van der Waals surface area contributed by atoms with Gasteiger partial charge in [-0.05, 0) is 62.2 Å². The van der Waals surface area contributed by atoms with E-state index in [2.05, 4.69) is 20.7 Å². The summed E-state index contributed by atoms with van der Waals surface area (Å²) in [5.41, 5.74) is 6.41. The van der Waals surface area contributed by atoms with Crippen LogP contribution in [0.2, 0.25) is 0 Å². The lowest BCUT2D eigenvalue weighted by Gasteiger charge is -2.09. The molecule has 2 N–H and O–H groups in total. The molecule has 2 aromatic carbocycles. The number of H-pyrrole nitrogens is 1. The summed E-state index contributed by atoms with van der Waals surface area (Å²) in [5, 5.41) is 11.0. The van der Waals surface area contributed by atoms with Crippen molar-refractivity contribution in [2.45, 2.75) is 26.9 Å². The van der Waals surface area contributed by atoms with Crippen LogP contribution in [-0.4, -0.2) is 28.4 Å². The Labute approximate surface area is 170 Å². The van der Waals surface area contributed by atoms with Gasteiger partial charge in [0, 0.05) is 5.56 Å². The number of allylic oxidation sites excluding steroid dienone is 1. The molecular formula is C23H24N4O2. The number of ether oxygens (including phenoxy) is 1. The summed E-state index contributed by atoms with van der Waals surface area (Å²) in [5.74, 6) is 0.442. The number of amides is 1. The number of benzene rings is 2. The minimum absolute atomic E-state index is 0.119. The highest BCUT2D eigenvalue weighted by Gasteiger charge is 2.10. The van der Waals surface area contributed by atoms with Crippen LogP contribution >= 0.6 is 0 Å². The average Bonchev–Trinajstić information content (AvgIpc) is 3.19. The van der Waals surface area contributed by atoms with Crippen LogP contribution in [0.25, 0.3) is 17.3 Å². The Kier molecular flexibility index (Phi) is 6.58. The topological polar surface area (TPSA) is 79.4 Å². The fourth-order valence-electron chi connectivity index (χ4n) is 2.66. The third-order valence-electron chi connectivity index (χ3n) is 3.97. The maximum Gasteiger partial charge on any atom is 0.289 e. The molecule has 0 aliphatic carbocycles. The van der Waals surface area contributed by atoms with Crippen LogP contribution in [-0.2, 0) is 0 Å². The number of aromatic amines is 1. The molecule has 0 saturated carbocycles. The highest BCUT2D eigenvalue weighted by Crippen LogP contribution is 2.22. The zero-order valence-electron chi connectivity index (χ0n) is 16.7. The number of carbonyl (C=O) groups excluding carboxylic acids is 1. The van der Waals surface area contributed by atoms with Crippen LogP contribution < -0.4 is 10.2 Å². The van der Waals surface area contributed by atoms with Crippen LogP contribution in [0, 0.1) is 0 Å². The van der Waals surface area contributed by atoms with Crippen LogP contribution in [0.15, 0.2) is 71.3 Å². The normalized spacial score (nSPS) is 11.8. The fourth-order valence-corrected chi connectivity index (χ4v) is 2.66. The molecule has 0 radical (unpaired) electrons. The van der Waals surface area contributed by atoms with Gasteiger partial charge in [0.15, 0.2) is 0 Å². The van der Waals surface area contributed by atoms with Gasteiger partial charge in [-0.25, -0.2) is 5.43 Å². The van der Waals surface area contributed by atoms with Gasteiger partial charge in [0.2, 0.25) is 0 Å². The zero-order chi connectivity index (χ0) is 20.6. The Morgan fingerprint density at radius 3 is 2.55 bits per heavy atom. The lowest BCUT2D eigenvalue weighted by molar-refractivity contribution is 0.0950. The minimum Gasteiger partial charge on any atom is -0.491 e. The van der Waals surface area contributed by atoms with Crippen molar-refractivity contribution in [3.05, 3.63) is 77.5 Å². The maximum absolute atomic E-state index is 12.3. The van der Waals surface area contributed by atoms with Gasteiger partial charge < -0.3 is 4.74 Å². The van der Waals surface area contributed by atoms with Crippen molar-refractivity contribution in [1.29, 1.82) is 0 Å². The van der Waals surface area contributed by atoms with E-state index in [0.29, 0.717) is 11.4 Å². The molecule has 0 bridgehead atoms. The average molecular weight is 388 g/mol. The van der Waals surface area contributed by atoms with Crippen molar-refractivity contribution in [1.82, 2.24) is 15.6 Å². The van der Waals surface area contributed by atoms with E-state index < -0.39 is 0 Å². The largest absolute Gasteiger partial charge is 0.491 e. The Hall–Kier alpha value is -3.67. The second-order valence-electron chi connectivity index (χ2n) is 6.86. The van der Waals surface area contributed by atoms with Crippen molar-refractivity contribution >= 4 is 18.2 Å². The summed E-state index contributed by atoms with van der Waals surface area (Å²) in [6.45, 7) is 5.88. The van der Waals surface area contributed by atoms with E-state index in [1.54, 1.807) is 12.3 Å². The van der Waals surface area contributed by atoms with E-state index in [4.69, 9.17) is 4.74 Å². The minimum atomic E-state index is -0.354. The van der Waals surface area contributed by atoms with Gasteiger partial charge in [-0.1, -0.05) is 36.4 Å². The van der Waals surface area contributed by atoms with E-state index in [-0.39, 0.29) is 12.0 Å². The third-order valence-corrected chi connectivity index (χ3v) is 3.97. The summed E-state index contributed by atoms with van der Waals surface area (Å²) in [7, 11) is 0. The van der Waals surface area contributed by atoms with Crippen LogP contribution in [0.3, 0.4) is 0 Å². The van der Waals surface area contributed by atoms with Gasteiger partial charge in [-0.3, -0.25) is 9.89 Å². The molecular weight excluding hydrogens is 364 g/mol. The molecule has 1 aromatic heterocycles. The molecule has 6 nitrogen and oxygen atoms in total. The monoisotopic (exact) mass is 388 g/mol. The summed E-state index contributed by atoms with van der Waals surface area (Å²) in [6.07, 6.45) is 3.71. The molecule has 0 atom stereocenters. The summed E-state index contributed by atoms with van der Waals surface area (Å²) in [6, 6.07) is 19.2. The number of nitrogens with one attached hydrogen (secondary N) is 2. The molecule has 148 valence electrons. The molecule has 1 amide bonds. The quantitative estimate of drug-likeness (QED) is 0.455. The highest BCUT2D eigenvalue weighted by atomic mass is 16.5. The molecule has 0 fully saturated rings. The Morgan fingerprint density at radius 1 is 1.14 bits per heavy atom. The first-order valence-corrected chi connectivity index (χ1v) is 9.40. The standard InChI is InChI=1S/C23H24N4O2/c1-16(2)29-20-11-9-19(10-12-20)21-14-22(26-25-21)23(28)27-24-15-17(3)13-18-7-5-4-6-8-18/h4-16H,1-3H3,(H,25,26)(H,27,28)/b17-13+,24-15-. The van der Waals surface area contributed by atoms with Crippen molar-refractivity contribution in [2.24, 2.45) is 5.10 Å². The molecule has 1 heterocycles. The van der Waals surface area contributed by atoms with Crippen molar-refractivity contribution < 1.29 is 9.53 Å². The van der Waals surface area contributed by atoms with Crippen LogP contribution in [0.5, 0.6) is 5.75 Å². The van der Waals surface area contributed by atoms with E-state index in [1.165, 1.54) is 0 Å². The number of carbonyl (C=O) groups is 1. The second-order valence-corrected chi connectivity index (χ2v) is 6.86. The SMILES string of the molecule is CC(/C=N\NC(=O)c1cc(-c2ccc(OC(C)C)cc2)n[nH]1)=C\c1ccccc1. The predicted molar refractivity (Wildman–Crippen MR) is 116 cm³/mol. The first-order chi connectivity index (χ1) is 14.0. The van der Waals surface area contributed by atoms with Gasteiger partial charge >= 0.3 is 0 Å². The molecule has 0 aliphatic rings. The summed E-state index contributed by atoms with van der Waals surface area (Å²) < 4.78 is 5.64. The number of hydrogen-bond acceptors (Lipinski definition) is 4. The van der Waals surface area contributed by atoms with Gasteiger partial charge in [0.1, 0.15) is 11.4 Å². The van der Waals surface area contributed by atoms with Crippen LogP contribution in [0.1, 0.15) is 36.8 Å². The van der Waals surface area contributed by atoms with Gasteiger partial charge in [-0.2, -0.15) is 10.2 Å². The number of nitrogens with zero attached hydrogens (tertiary/aromatic N) is 2. The number of aromatic nitrogens is 2. The smallest absolute Gasteiger partial charge is 0.289 e. The van der Waals surface area contributed by atoms with Crippen molar-refractivity contribution in [3.63, 3.8) is 0 Å². The summed E-state index contributed by atoms with van der Waals surface area (Å²) in [4.78, 5) is 12.3. The van der Waals surface area contributed by atoms with Gasteiger partial charge in [-0.15, -0.1) is 0 Å².